The van der Waals surface area contributed by atoms with Crippen LogP contribution >= 0.6 is 11.3 Å². The number of piperazine rings is 1. The van der Waals surface area contributed by atoms with Crippen LogP contribution in [0.4, 0.5) is 15.8 Å². The van der Waals surface area contributed by atoms with Gasteiger partial charge >= 0.3 is 0 Å². The SMILES string of the molecule is CC1CNc2c(sc3ccc4nc(-c5ccc(N6CCNCC6)cc5F)ccc4c23)C(=O)N1. The van der Waals surface area contributed by atoms with Gasteiger partial charge in [-0.05, 0) is 49.4 Å². The molecule has 1 fully saturated rings. The minimum absolute atomic E-state index is 0.0481. The first-order valence-corrected chi connectivity index (χ1v) is 12.1. The van der Waals surface area contributed by atoms with Crippen LogP contribution in [0.1, 0.15) is 16.6 Å². The zero-order valence-electron chi connectivity index (χ0n) is 18.2. The van der Waals surface area contributed by atoms with Crippen molar-refractivity contribution in [2.45, 2.75) is 13.0 Å². The number of thiophene rings is 1. The molecule has 0 radical (unpaired) electrons. The Kier molecular flexibility index (Phi) is 4.92. The number of halogens is 1. The van der Waals surface area contributed by atoms with Gasteiger partial charge in [-0.1, -0.05) is 0 Å². The minimum Gasteiger partial charge on any atom is -0.381 e. The summed E-state index contributed by atoms with van der Waals surface area (Å²) in [6.45, 7) is 6.21. The largest absolute Gasteiger partial charge is 0.381 e. The molecule has 4 aromatic rings. The van der Waals surface area contributed by atoms with Gasteiger partial charge in [0.2, 0.25) is 0 Å². The Hall–Kier alpha value is -3.23. The predicted molar refractivity (Wildman–Crippen MR) is 133 cm³/mol. The van der Waals surface area contributed by atoms with Crippen LogP contribution in [-0.2, 0) is 0 Å². The minimum atomic E-state index is -0.268. The van der Waals surface area contributed by atoms with E-state index in [1.807, 2.05) is 43.3 Å². The summed E-state index contributed by atoms with van der Waals surface area (Å²) in [6.07, 6.45) is 0. The average molecular weight is 462 g/mol. The van der Waals surface area contributed by atoms with Crippen molar-refractivity contribution in [3.8, 4) is 11.3 Å². The van der Waals surface area contributed by atoms with Crippen molar-refractivity contribution >= 4 is 49.6 Å². The third-order valence-corrected chi connectivity index (χ3v) is 7.56. The summed E-state index contributed by atoms with van der Waals surface area (Å²) in [5, 5.41) is 11.7. The number of nitrogens with zero attached hydrogens (tertiary/aromatic N) is 2. The van der Waals surface area contributed by atoms with E-state index in [2.05, 4.69) is 20.9 Å². The third kappa shape index (κ3) is 3.50. The maximum atomic E-state index is 15.1. The highest BCUT2D eigenvalue weighted by Gasteiger charge is 2.25. The molecule has 2 aliphatic heterocycles. The van der Waals surface area contributed by atoms with Gasteiger partial charge in [0.25, 0.3) is 5.91 Å². The summed E-state index contributed by atoms with van der Waals surface area (Å²) in [7, 11) is 0. The van der Waals surface area contributed by atoms with Crippen LogP contribution in [0.25, 0.3) is 32.2 Å². The molecule has 0 aliphatic carbocycles. The van der Waals surface area contributed by atoms with Crippen LogP contribution in [-0.4, -0.2) is 49.7 Å². The fourth-order valence-corrected chi connectivity index (χ4v) is 5.81. The van der Waals surface area contributed by atoms with Gasteiger partial charge in [-0.3, -0.25) is 4.79 Å². The van der Waals surface area contributed by atoms with Crippen LogP contribution in [0.2, 0.25) is 0 Å². The molecule has 3 N–H and O–H groups in total. The Labute approximate surface area is 194 Å². The number of hydrogen-bond acceptors (Lipinski definition) is 6. The zero-order chi connectivity index (χ0) is 22.5. The Morgan fingerprint density at radius 3 is 2.79 bits per heavy atom. The highest BCUT2D eigenvalue weighted by Crippen LogP contribution is 2.41. The van der Waals surface area contributed by atoms with E-state index in [9.17, 15) is 4.79 Å². The third-order valence-electron chi connectivity index (χ3n) is 6.40. The molecule has 1 saturated heterocycles. The second-order valence-electron chi connectivity index (χ2n) is 8.66. The van der Waals surface area contributed by atoms with Crippen LogP contribution in [0, 0.1) is 5.82 Å². The van der Waals surface area contributed by atoms with Crippen LogP contribution in [0.5, 0.6) is 0 Å². The summed E-state index contributed by atoms with van der Waals surface area (Å²) in [5.41, 5.74) is 3.65. The molecule has 4 heterocycles. The molecule has 1 unspecified atom stereocenters. The standard InChI is InChI=1S/C25H24FN5OS/c1-14-13-28-23-22-17-4-5-19(30-20(17)6-7-21(22)33-24(23)25(32)29-14)16-3-2-15(12-18(16)26)31-10-8-27-9-11-31/h2-7,12,14,27-28H,8-11,13H2,1H3,(H,29,32). The molecule has 33 heavy (non-hydrogen) atoms. The van der Waals surface area contributed by atoms with Gasteiger partial charge in [0.1, 0.15) is 10.7 Å². The molecule has 6 rings (SSSR count). The second-order valence-corrected chi connectivity index (χ2v) is 9.72. The number of carbonyl (C=O) groups excluding carboxylic acids is 1. The number of amides is 1. The lowest BCUT2D eigenvalue weighted by Crippen LogP contribution is -2.43. The quantitative estimate of drug-likeness (QED) is 0.417. The van der Waals surface area contributed by atoms with E-state index in [0.29, 0.717) is 22.7 Å². The topological polar surface area (TPSA) is 69.3 Å². The van der Waals surface area contributed by atoms with Crippen molar-refractivity contribution < 1.29 is 9.18 Å². The number of benzene rings is 2. The first kappa shape index (κ1) is 20.4. The lowest BCUT2D eigenvalue weighted by atomic mass is 10.0. The Bertz CT molecular complexity index is 1390. The molecule has 0 spiro atoms. The molecule has 168 valence electrons. The van der Waals surface area contributed by atoms with Gasteiger partial charge in [-0.2, -0.15) is 0 Å². The lowest BCUT2D eigenvalue weighted by Gasteiger charge is -2.29. The van der Waals surface area contributed by atoms with E-state index in [4.69, 9.17) is 4.98 Å². The number of rotatable bonds is 2. The molecule has 0 saturated carbocycles. The number of fused-ring (bicyclic) bond motifs is 5. The smallest absolute Gasteiger partial charge is 0.263 e. The number of nitrogens with one attached hydrogen (secondary N) is 3. The molecule has 2 aromatic heterocycles. The Morgan fingerprint density at radius 1 is 1.12 bits per heavy atom. The molecular weight excluding hydrogens is 437 g/mol. The second kappa shape index (κ2) is 7.97. The molecule has 6 nitrogen and oxygen atoms in total. The van der Waals surface area contributed by atoms with Gasteiger partial charge < -0.3 is 20.9 Å². The lowest BCUT2D eigenvalue weighted by molar-refractivity contribution is 0.0949. The fraction of sp³-hybridized carbons (Fsp3) is 0.280. The van der Waals surface area contributed by atoms with E-state index in [-0.39, 0.29) is 17.8 Å². The fourth-order valence-electron chi connectivity index (χ4n) is 4.71. The van der Waals surface area contributed by atoms with Gasteiger partial charge in [-0.15, -0.1) is 11.3 Å². The molecule has 1 atom stereocenters. The highest BCUT2D eigenvalue weighted by molar-refractivity contribution is 7.21. The first-order chi connectivity index (χ1) is 16.1. The number of hydrogen-bond donors (Lipinski definition) is 3. The Morgan fingerprint density at radius 2 is 1.97 bits per heavy atom. The van der Waals surface area contributed by atoms with Gasteiger partial charge in [0.15, 0.2) is 0 Å². The summed E-state index contributed by atoms with van der Waals surface area (Å²) in [4.78, 5) is 20.3. The predicted octanol–water partition coefficient (Wildman–Crippen LogP) is 4.21. The molecule has 1 amide bonds. The Balaban J connectivity index is 1.42. The van der Waals surface area contributed by atoms with Crippen LogP contribution < -0.4 is 20.9 Å². The molecule has 2 aliphatic rings. The zero-order valence-corrected chi connectivity index (χ0v) is 19.1. The van der Waals surface area contributed by atoms with Crippen molar-refractivity contribution in [2.75, 3.05) is 42.9 Å². The number of carbonyl (C=O) groups is 1. The maximum Gasteiger partial charge on any atom is 0.263 e. The van der Waals surface area contributed by atoms with Crippen molar-refractivity contribution in [1.82, 2.24) is 15.6 Å². The maximum absolute atomic E-state index is 15.1. The van der Waals surface area contributed by atoms with Gasteiger partial charge in [0.05, 0.1) is 16.9 Å². The average Bonchev–Trinajstić information content (AvgIpc) is 3.15. The van der Waals surface area contributed by atoms with E-state index < -0.39 is 0 Å². The number of anilines is 2. The van der Waals surface area contributed by atoms with E-state index in [0.717, 1.165) is 58.5 Å². The first-order valence-electron chi connectivity index (χ1n) is 11.2. The molecule has 0 bridgehead atoms. The van der Waals surface area contributed by atoms with Crippen molar-refractivity contribution in [2.24, 2.45) is 0 Å². The molecule has 2 aromatic carbocycles. The highest BCUT2D eigenvalue weighted by atomic mass is 32.1. The van der Waals surface area contributed by atoms with E-state index in [1.54, 1.807) is 6.07 Å². The summed E-state index contributed by atoms with van der Waals surface area (Å²) < 4.78 is 16.1. The van der Waals surface area contributed by atoms with Crippen molar-refractivity contribution in [3.05, 3.63) is 53.2 Å². The van der Waals surface area contributed by atoms with Crippen LogP contribution in [0.15, 0.2) is 42.5 Å². The van der Waals surface area contributed by atoms with Gasteiger partial charge in [-0.25, -0.2) is 9.37 Å². The molecule has 8 heteroatoms. The molecular formula is C25H24FN5OS. The van der Waals surface area contributed by atoms with E-state index >= 15 is 4.39 Å². The van der Waals surface area contributed by atoms with Crippen molar-refractivity contribution in [1.29, 1.82) is 0 Å². The monoisotopic (exact) mass is 461 g/mol. The summed E-state index contributed by atoms with van der Waals surface area (Å²) in [5.74, 6) is -0.316. The number of pyridine rings is 1. The van der Waals surface area contributed by atoms with Crippen LogP contribution in [0.3, 0.4) is 0 Å². The summed E-state index contributed by atoms with van der Waals surface area (Å²) in [6, 6.07) is 13.3. The van der Waals surface area contributed by atoms with E-state index in [1.165, 1.54) is 11.3 Å². The normalized spacial score (nSPS) is 18.7. The summed E-state index contributed by atoms with van der Waals surface area (Å²) >= 11 is 1.48. The van der Waals surface area contributed by atoms with Crippen molar-refractivity contribution in [3.63, 3.8) is 0 Å². The van der Waals surface area contributed by atoms with Gasteiger partial charge in [0, 0.05) is 65.5 Å². The number of aromatic nitrogens is 1.